The van der Waals surface area contributed by atoms with Gasteiger partial charge in [0.05, 0.1) is 27.6 Å². The van der Waals surface area contributed by atoms with Gasteiger partial charge in [0.1, 0.15) is 0 Å². The largest absolute Gasteiger partial charge is 0.325 e. The number of carbonyl (C=O) groups is 4. The minimum absolute atomic E-state index is 0.0444. The topological polar surface area (TPSA) is 92.3 Å². The zero-order valence-electron chi connectivity index (χ0n) is 19.6. The van der Waals surface area contributed by atoms with Crippen LogP contribution in [0.25, 0.3) is 0 Å². The van der Waals surface area contributed by atoms with Crippen molar-refractivity contribution in [3.8, 4) is 0 Å². The molecule has 0 fully saturated rings. The van der Waals surface area contributed by atoms with E-state index >= 15 is 0 Å². The Morgan fingerprint density at radius 1 is 0.737 bits per heavy atom. The molecule has 1 aliphatic carbocycles. The van der Waals surface area contributed by atoms with E-state index in [2.05, 4.69) is 10.6 Å². The third-order valence-electron chi connectivity index (χ3n) is 5.86. The van der Waals surface area contributed by atoms with Gasteiger partial charge in [0.15, 0.2) is 11.6 Å². The molecule has 4 aromatic carbocycles. The summed E-state index contributed by atoms with van der Waals surface area (Å²) in [7, 11) is 0. The van der Waals surface area contributed by atoms with Gasteiger partial charge in [-0.05, 0) is 42.5 Å². The molecule has 0 heterocycles. The first kappa shape index (κ1) is 25.7. The molecule has 1 aliphatic rings. The van der Waals surface area contributed by atoms with Crippen molar-refractivity contribution < 1.29 is 19.2 Å². The maximum Gasteiger partial charge on any atom is 0.257 e. The van der Waals surface area contributed by atoms with Crippen LogP contribution in [0, 0.1) is 0 Å². The third kappa shape index (κ3) is 5.22. The number of amides is 2. The molecule has 38 heavy (non-hydrogen) atoms. The molecule has 0 aromatic heterocycles. The van der Waals surface area contributed by atoms with E-state index in [0.717, 1.165) is 4.90 Å². The predicted octanol–water partition coefficient (Wildman–Crippen LogP) is 6.75. The smallest absolute Gasteiger partial charge is 0.257 e. The molecule has 0 spiro atoms. The number of anilines is 2. The summed E-state index contributed by atoms with van der Waals surface area (Å²) in [5.74, 6) is -1.24. The molecule has 0 atom stereocenters. The van der Waals surface area contributed by atoms with Gasteiger partial charge in [0, 0.05) is 32.3 Å². The normalized spacial score (nSPS) is 11.9. The molecular formula is C29H18Cl2N2O4S. The molecule has 4 aromatic rings. The van der Waals surface area contributed by atoms with Gasteiger partial charge < -0.3 is 10.6 Å². The van der Waals surface area contributed by atoms with Crippen LogP contribution in [0.4, 0.5) is 11.4 Å². The first-order valence-corrected chi connectivity index (χ1v) is 13.2. The summed E-state index contributed by atoms with van der Waals surface area (Å²) in [5, 5.41) is 6.23. The highest BCUT2D eigenvalue weighted by Gasteiger charge is 2.31. The fourth-order valence-electron chi connectivity index (χ4n) is 4.12. The average Bonchev–Trinajstić information content (AvgIpc) is 2.90. The molecular weight excluding hydrogens is 543 g/mol. The zero-order chi connectivity index (χ0) is 26.8. The number of hydrogen-bond donors (Lipinski definition) is 2. The van der Waals surface area contributed by atoms with E-state index in [-0.39, 0.29) is 50.8 Å². The van der Waals surface area contributed by atoms with Crippen molar-refractivity contribution in [2.75, 3.05) is 16.4 Å². The highest BCUT2D eigenvalue weighted by atomic mass is 35.5. The van der Waals surface area contributed by atoms with E-state index in [1.165, 1.54) is 17.8 Å². The molecule has 6 nitrogen and oxygen atoms in total. The molecule has 9 heteroatoms. The second-order valence-electron chi connectivity index (χ2n) is 8.37. The minimum atomic E-state index is -0.388. The van der Waals surface area contributed by atoms with Gasteiger partial charge in [-0.15, -0.1) is 11.8 Å². The van der Waals surface area contributed by atoms with Crippen LogP contribution in [0.15, 0.2) is 89.8 Å². The highest BCUT2D eigenvalue weighted by Crippen LogP contribution is 2.32. The number of benzene rings is 4. The van der Waals surface area contributed by atoms with Crippen molar-refractivity contribution in [1.82, 2.24) is 0 Å². The number of carbonyl (C=O) groups excluding carboxylic acids is 4. The van der Waals surface area contributed by atoms with Crippen LogP contribution in [0.2, 0.25) is 10.0 Å². The molecule has 2 N–H and O–H groups in total. The van der Waals surface area contributed by atoms with E-state index in [1.807, 2.05) is 6.07 Å². The number of rotatable bonds is 6. The monoisotopic (exact) mass is 560 g/mol. The van der Waals surface area contributed by atoms with E-state index in [1.54, 1.807) is 72.8 Å². The fraction of sp³-hybridized carbons (Fsp3) is 0.0345. The summed E-state index contributed by atoms with van der Waals surface area (Å²) < 4.78 is 0. The van der Waals surface area contributed by atoms with Crippen molar-refractivity contribution in [3.05, 3.63) is 123 Å². The highest BCUT2D eigenvalue weighted by molar-refractivity contribution is 8.00. The van der Waals surface area contributed by atoms with E-state index in [4.69, 9.17) is 23.2 Å². The number of halogens is 2. The lowest BCUT2D eigenvalue weighted by molar-refractivity contribution is -0.113. The Labute approximate surface area is 232 Å². The lowest BCUT2D eigenvalue weighted by Gasteiger charge is -2.20. The van der Waals surface area contributed by atoms with E-state index in [9.17, 15) is 19.2 Å². The number of fused-ring (bicyclic) bond motifs is 2. The van der Waals surface area contributed by atoms with Gasteiger partial charge in [0.25, 0.3) is 5.91 Å². The minimum Gasteiger partial charge on any atom is -0.325 e. The van der Waals surface area contributed by atoms with Crippen LogP contribution in [-0.2, 0) is 4.79 Å². The van der Waals surface area contributed by atoms with Crippen LogP contribution in [0.3, 0.4) is 0 Å². The molecule has 2 amide bonds. The van der Waals surface area contributed by atoms with E-state index in [0.29, 0.717) is 27.5 Å². The first-order valence-electron chi connectivity index (χ1n) is 11.4. The van der Waals surface area contributed by atoms with E-state index < -0.39 is 0 Å². The van der Waals surface area contributed by atoms with Gasteiger partial charge in [-0.1, -0.05) is 65.7 Å². The molecule has 0 aliphatic heterocycles. The summed E-state index contributed by atoms with van der Waals surface area (Å²) in [6, 6.07) is 23.1. The Kier molecular flexibility index (Phi) is 7.33. The molecule has 0 saturated carbocycles. The molecule has 0 saturated heterocycles. The summed E-state index contributed by atoms with van der Waals surface area (Å²) in [6.07, 6.45) is 0. The van der Waals surface area contributed by atoms with Gasteiger partial charge in [0.2, 0.25) is 5.91 Å². The summed E-state index contributed by atoms with van der Waals surface area (Å²) in [4.78, 5) is 52.2. The Morgan fingerprint density at radius 2 is 1.45 bits per heavy atom. The predicted molar refractivity (Wildman–Crippen MR) is 150 cm³/mol. The lowest BCUT2D eigenvalue weighted by Crippen LogP contribution is -2.24. The number of ketones is 2. The molecule has 0 bridgehead atoms. The molecule has 0 radical (unpaired) electrons. The summed E-state index contributed by atoms with van der Waals surface area (Å²) >= 11 is 13.3. The van der Waals surface area contributed by atoms with Crippen molar-refractivity contribution in [1.29, 1.82) is 0 Å². The fourth-order valence-corrected chi connectivity index (χ4v) is 5.37. The van der Waals surface area contributed by atoms with Gasteiger partial charge in [-0.25, -0.2) is 0 Å². The first-order chi connectivity index (χ1) is 18.3. The molecule has 0 unspecified atom stereocenters. The number of hydrogen-bond acceptors (Lipinski definition) is 5. The second-order valence-corrected chi connectivity index (χ2v) is 10.3. The van der Waals surface area contributed by atoms with Crippen LogP contribution < -0.4 is 10.6 Å². The Balaban J connectivity index is 1.26. The standard InChI is InChI=1S/C29H18Cl2N2O4S/c30-16-11-12-21(23(31)13-16)29(37)32-17-5-3-6-18(14-17)38-15-25(34)33-24-10-4-9-22-26(24)28(36)20-8-2-1-7-19(20)27(22)35/h1-14H,15H2,(H,32,37)(H,33,34). The zero-order valence-corrected chi connectivity index (χ0v) is 21.9. The van der Waals surface area contributed by atoms with Crippen LogP contribution in [0.5, 0.6) is 0 Å². The lowest BCUT2D eigenvalue weighted by atomic mass is 9.83. The maximum absolute atomic E-state index is 13.1. The van der Waals surface area contributed by atoms with Crippen LogP contribution >= 0.6 is 35.0 Å². The molecule has 5 rings (SSSR count). The summed E-state index contributed by atoms with van der Waals surface area (Å²) in [6.45, 7) is 0. The Bertz CT molecular complexity index is 1640. The summed E-state index contributed by atoms with van der Waals surface area (Å²) in [5.41, 5.74) is 2.25. The quantitative estimate of drug-likeness (QED) is 0.224. The number of nitrogens with one attached hydrogen (secondary N) is 2. The van der Waals surface area contributed by atoms with Crippen molar-refractivity contribution in [2.24, 2.45) is 0 Å². The van der Waals surface area contributed by atoms with Gasteiger partial charge in [-0.3, -0.25) is 19.2 Å². The second kappa shape index (κ2) is 10.8. The molecule has 188 valence electrons. The van der Waals surface area contributed by atoms with Crippen molar-refractivity contribution in [2.45, 2.75) is 4.90 Å². The van der Waals surface area contributed by atoms with Gasteiger partial charge in [-0.2, -0.15) is 0 Å². The van der Waals surface area contributed by atoms with Gasteiger partial charge >= 0.3 is 0 Å². The SMILES string of the molecule is O=C(CSc1cccc(NC(=O)c2ccc(Cl)cc2Cl)c1)Nc1cccc2c1C(=O)c1ccccc1C2=O. The number of thioether (sulfide) groups is 1. The van der Waals surface area contributed by atoms with Crippen molar-refractivity contribution in [3.63, 3.8) is 0 Å². The third-order valence-corrected chi connectivity index (χ3v) is 7.41. The average molecular weight is 561 g/mol. The maximum atomic E-state index is 13.1. The van der Waals surface area contributed by atoms with Crippen LogP contribution in [-0.4, -0.2) is 29.1 Å². The van der Waals surface area contributed by atoms with Crippen LogP contribution in [0.1, 0.15) is 42.2 Å². The Hall–Kier alpha value is -3.91. The Morgan fingerprint density at radius 3 is 2.21 bits per heavy atom. The van der Waals surface area contributed by atoms with Crippen molar-refractivity contribution >= 4 is 69.7 Å².